The van der Waals surface area contributed by atoms with Gasteiger partial charge in [-0.05, 0) is 44.0 Å². The van der Waals surface area contributed by atoms with E-state index in [0.717, 1.165) is 23.3 Å². The van der Waals surface area contributed by atoms with Gasteiger partial charge in [0.15, 0.2) is 23.1 Å². The largest absolute Gasteiger partial charge is 0.335 e. The van der Waals surface area contributed by atoms with E-state index in [-0.39, 0.29) is 34.4 Å². The van der Waals surface area contributed by atoms with Crippen LogP contribution in [0, 0.1) is 11.7 Å². The van der Waals surface area contributed by atoms with Gasteiger partial charge in [-0.3, -0.25) is 24.7 Å². The molecule has 1 aliphatic rings. The van der Waals surface area contributed by atoms with Crippen molar-refractivity contribution in [2.75, 3.05) is 5.32 Å². The van der Waals surface area contributed by atoms with Crippen LogP contribution in [0.5, 0.6) is 0 Å². The summed E-state index contributed by atoms with van der Waals surface area (Å²) >= 11 is 1.38. The number of rotatable bonds is 6. The summed E-state index contributed by atoms with van der Waals surface area (Å²) in [5, 5.41) is 10.2. The average molecular weight is 539 g/mol. The number of Topliss-reactive ketones (excluding diaryl/α,β-unsaturated/α-hetero) is 1. The minimum atomic E-state index is -0.596. The van der Waals surface area contributed by atoms with Crippen molar-refractivity contribution >= 4 is 50.8 Å². The van der Waals surface area contributed by atoms with Crippen LogP contribution in [0.15, 0.2) is 49.1 Å². The van der Waals surface area contributed by atoms with Gasteiger partial charge in [0.1, 0.15) is 11.4 Å². The molecule has 0 radical (unpaired) electrons. The molecule has 10 nitrogen and oxygen atoms in total. The maximum Gasteiger partial charge on any atom is 0.227 e. The van der Waals surface area contributed by atoms with Gasteiger partial charge in [-0.1, -0.05) is 0 Å². The lowest BCUT2D eigenvalue weighted by atomic mass is 10.1. The summed E-state index contributed by atoms with van der Waals surface area (Å²) in [7, 11) is 0. The highest BCUT2D eigenvalue weighted by Gasteiger charge is 2.30. The van der Waals surface area contributed by atoms with Crippen LogP contribution in [0.25, 0.3) is 55.3 Å². The van der Waals surface area contributed by atoms with Crippen molar-refractivity contribution in [1.29, 1.82) is 0 Å². The van der Waals surface area contributed by atoms with Gasteiger partial charge < -0.3 is 10.3 Å². The molecule has 0 aliphatic heterocycles. The fourth-order valence-corrected chi connectivity index (χ4v) is 5.41. The summed E-state index contributed by atoms with van der Waals surface area (Å²) in [5.41, 5.74) is 3.57. The zero-order valence-electron chi connectivity index (χ0n) is 20.4. The molecule has 6 heterocycles. The normalized spacial score (nSPS) is 13.3. The zero-order chi connectivity index (χ0) is 26.7. The van der Waals surface area contributed by atoms with Crippen molar-refractivity contribution in [3.63, 3.8) is 0 Å². The summed E-state index contributed by atoms with van der Waals surface area (Å²) in [5.74, 6) is -0.298. The van der Waals surface area contributed by atoms with Crippen molar-refractivity contribution in [3.05, 3.63) is 59.7 Å². The number of anilines is 1. The van der Waals surface area contributed by atoms with E-state index in [9.17, 15) is 9.59 Å². The molecular formula is C27H19FN8O2S. The van der Waals surface area contributed by atoms with Crippen molar-refractivity contribution in [2.45, 2.75) is 19.8 Å². The third-order valence-corrected chi connectivity index (χ3v) is 7.83. The number of hydrogen-bond acceptors (Lipinski definition) is 8. The number of hydrogen-bond donors (Lipinski definition) is 3. The van der Waals surface area contributed by atoms with Crippen LogP contribution in [0.1, 0.15) is 29.4 Å². The molecule has 1 fully saturated rings. The molecule has 0 unspecified atom stereocenters. The van der Waals surface area contributed by atoms with Gasteiger partial charge in [0.25, 0.3) is 0 Å². The van der Waals surface area contributed by atoms with E-state index in [1.165, 1.54) is 36.9 Å². The number of carbonyl (C=O) groups is 2. The minimum absolute atomic E-state index is 0.00392. The highest BCUT2D eigenvalue weighted by atomic mass is 32.1. The first kappa shape index (κ1) is 23.3. The number of nitrogens with zero attached hydrogens (tertiary/aromatic N) is 5. The lowest BCUT2D eigenvalue weighted by Crippen LogP contribution is -2.13. The lowest BCUT2D eigenvalue weighted by molar-refractivity contribution is -0.117. The smallest absolute Gasteiger partial charge is 0.227 e. The van der Waals surface area contributed by atoms with Gasteiger partial charge in [0.05, 0.1) is 39.4 Å². The second-order valence-corrected chi connectivity index (χ2v) is 10.5. The number of fused-ring (bicyclic) bond motifs is 2. The van der Waals surface area contributed by atoms with Crippen LogP contribution in [0.4, 0.5) is 10.1 Å². The van der Waals surface area contributed by atoms with E-state index < -0.39 is 5.82 Å². The number of aromatic amines is 2. The Morgan fingerprint density at radius 2 is 1.97 bits per heavy atom. The Hall–Kier alpha value is -4.84. The molecule has 1 amide bonds. The molecule has 6 aromatic heterocycles. The van der Waals surface area contributed by atoms with Crippen LogP contribution in [-0.2, 0) is 4.79 Å². The quantitative estimate of drug-likeness (QED) is 0.242. The molecule has 7 rings (SSSR count). The lowest BCUT2D eigenvalue weighted by Gasteiger charge is -2.07. The van der Waals surface area contributed by atoms with Crippen molar-refractivity contribution < 1.29 is 14.0 Å². The number of halogens is 1. The number of H-pyrrole nitrogens is 2. The van der Waals surface area contributed by atoms with Crippen molar-refractivity contribution in [2.24, 2.45) is 5.92 Å². The maximum atomic E-state index is 16.0. The molecule has 1 aliphatic carbocycles. The maximum absolute atomic E-state index is 16.0. The molecule has 39 heavy (non-hydrogen) atoms. The molecule has 0 atom stereocenters. The van der Waals surface area contributed by atoms with Gasteiger partial charge >= 0.3 is 0 Å². The first-order valence-electron chi connectivity index (χ1n) is 12.2. The van der Waals surface area contributed by atoms with E-state index in [1.807, 2.05) is 12.1 Å². The fraction of sp³-hybridized carbons (Fsp3) is 0.148. The predicted octanol–water partition coefficient (Wildman–Crippen LogP) is 5.38. The third-order valence-electron chi connectivity index (χ3n) is 6.61. The van der Waals surface area contributed by atoms with Crippen LogP contribution in [0.2, 0.25) is 0 Å². The first-order chi connectivity index (χ1) is 19.0. The minimum Gasteiger partial charge on any atom is -0.335 e. The number of pyridine rings is 3. The van der Waals surface area contributed by atoms with Crippen molar-refractivity contribution in [1.82, 2.24) is 35.1 Å². The number of nitrogens with one attached hydrogen (secondary N) is 3. The summed E-state index contributed by atoms with van der Waals surface area (Å²) in [4.78, 5) is 46.2. The summed E-state index contributed by atoms with van der Waals surface area (Å²) in [6.45, 7) is 1.53. The molecule has 192 valence electrons. The molecule has 0 spiro atoms. The van der Waals surface area contributed by atoms with Gasteiger partial charge in [-0.2, -0.15) is 5.10 Å². The predicted molar refractivity (Wildman–Crippen MR) is 145 cm³/mol. The van der Waals surface area contributed by atoms with Gasteiger partial charge in [0.2, 0.25) is 5.91 Å². The highest BCUT2D eigenvalue weighted by Crippen LogP contribution is 2.36. The van der Waals surface area contributed by atoms with Crippen LogP contribution in [0.3, 0.4) is 0 Å². The topological polar surface area (TPSA) is 142 Å². The van der Waals surface area contributed by atoms with Crippen LogP contribution in [-0.4, -0.2) is 46.8 Å². The molecule has 0 bridgehead atoms. The first-order valence-corrected chi connectivity index (χ1v) is 13.0. The second kappa shape index (κ2) is 8.88. The third kappa shape index (κ3) is 4.05. The molecule has 3 N–H and O–H groups in total. The molecule has 12 heteroatoms. The summed E-state index contributed by atoms with van der Waals surface area (Å²) < 4.78 is 16.0. The number of carbonyl (C=O) groups excluding carboxylic acids is 2. The van der Waals surface area contributed by atoms with Crippen LogP contribution >= 0.6 is 11.3 Å². The molecule has 0 saturated heterocycles. The zero-order valence-corrected chi connectivity index (χ0v) is 21.3. The van der Waals surface area contributed by atoms with E-state index in [1.54, 1.807) is 18.3 Å². The molecule has 0 aromatic carbocycles. The number of imidazole rings is 1. The second-order valence-electron chi connectivity index (χ2n) is 9.37. The van der Waals surface area contributed by atoms with Crippen molar-refractivity contribution in [3.8, 4) is 33.2 Å². The Bertz CT molecular complexity index is 1940. The van der Waals surface area contributed by atoms with E-state index >= 15 is 4.39 Å². The van der Waals surface area contributed by atoms with Gasteiger partial charge in [-0.15, -0.1) is 11.3 Å². The fourth-order valence-electron chi connectivity index (χ4n) is 4.48. The Kier molecular flexibility index (Phi) is 5.30. The Morgan fingerprint density at radius 3 is 2.77 bits per heavy atom. The van der Waals surface area contributed by atoms with Gasteiger partial charge in [-0.25, -0.2) is 14.4 Å². The molecule has 6 aromatic rings. The van der Waals surface area contributed by atoms with E-state index in [4.69, 9.17) is 0 Å². The van der Waals surface area contributed by atoms with Gasteiger partial charge in [0, 0.05) is 34.3 Å². The highest BCUT2D eigenvalue weighted by molar-refractivity contribution is 7.17. The Labute approximate surface area is 223 Å². The summed E-state index contributed by atoms with van der Waals surface area (Å²) in [6, 6.07) is 7.16. The number of ketones is 1. The Morgan fingerprint density at radius 1 is 1.10 bits per heavy atom. The SMILES string of the molecule is CC(=O)c1ccc(-c2ccnc3nc(-c4n[nH]c5cnc(-c6cncc(NC(=O)C7CC7)c6)c(F)c45)[nH]c23)s1. The van der Waals surface area contributed by atoms with Crippen LogP contribution < -0.4 is 5.32 Å². The number of thiophene rings is 1. The molecular weight excluding hydrogens is 519 g/mol. The van der Waals surface area contributed by atoms with E-state index in [0.29, 0.717) is 38.6 Å². The average Bonchev–Trinajstić information content (AvgIpc) is 3.32. The van der Waals surface area contributed by atoms with E-state index in [2.05, 4.69) is 40.4 Å². The standard InChI is InChI=1S/C27H19FN8O2S/c1-12(37)18-4-5-19(39-18)16-6-7-30-25-23(16)33-26(34-25)24-20-17(35-36-24)11-31-22(21(20)28)14-8-15(10-29-9-14)32-27(38)13-2-3-13/h4-11,13H,2-3H2,1H3,(H,32,38)(H,35,36)(H,30,33,34). The Balaban J connectivity index is 1.30. The number of aromatic nitrogens is 7. The number of amides is 1. The molecule has 1 saturated carbocycles. The summed E-state index contributed by atoms with van der Waals surface area (Å²) in [6.07, 6.45) is 7.91. The monoisotopic (exact) mass is 538 g/mol.